The van der Waals surface area contributed by atoms with Crippen LogP contribution in [0.25, 0.3) is 0 Å². The van der Waals surface area contributed by atoms with Gasteiger partial charge in [0, 0.05) is 26.3 Å². The van der Waals surface area contributed by atoms with E-state index in [0.29, 0.717) is 39.1 Å². The maximum absolute atomic E-state index is 12.8. The molecule has 1 heterocycles. The molecule has 0 aliphatic heterocycles. The summed E-state index contributed by atoms with van der Waals surface area (Å²) < 4.78 is 9.11. The fourth-order valence-electron chi connectivity index (χ4n) is 3.09. The van der Waals surface area contributed by atoms with Crippen LogP contribution in [0.2, 0.25) is 10.0 Å². The van der Waals surface area contributed by atoms with Crippen LogP contribution >= 0.6 is 55.1 Å². The van der Waals surface area contributed by atoms with Crippen LogP contribution in [0.1, 0.15) is 21.5 Å². The minimum atomic E-state index is -0.269. The van der Waals surface area contributed by atoms with Gasteiger partial charge < -0.3 is 10.1 Å². The lowest BCUT2D eigenvalue weighted by Crippen LogP contribution is -2.13. The van der Waals surface area contributed by atoms with E-state index in [1.54, 1.807) is 35.1 Å². The first kappa shape index (κ1) is 23.8. The summed E-state index contributed by atoms with van der Waals surface area (Å²) in [5, 5.41) is 8.43. The zero-order valence-corrected chi connectivity index (χ0v) is 21.7. The van der Waals surface area contributed by atoms with Crippen molar-refractivity contribution < 1.29 is 9.53 Å². The molecule has 0 saturated heterocycles. The van der Waals surface area contributed by atoms with Gasteiger partial charge in [0.15, 0.2) is 5.82 Å². The van der Waals surface area contributed by atoms with Crippen LogP contribution in [-0.2, 0) is 13.2 Å². The number of carbonyl (C=O) groups excluding carboxylic acids is 1. The third kappa shape index (κ3) is 6.38. The van der Waals surface area contributed by atoms with E-state index in [4.69, 9.17) is 27.9 Å². The van der Waals surface area contributed by atoms with Crippen molar-refractivity contribution in [1.29, 1.82) is 0 Å². The van der Waals surface area contributed by atoms with E-state index in [-0.39, 0.29) is 5.91 Å². The van der Waals surface area contributed by atoms with Crippen LogP contribution in [-0.4, -0.2) is 15.7 Å². The van der Waals surface area contributed by atoms with E-state index in [0.717, 1.165) is 21.3 Å². The predicted octanol–water partition coefficient (Wildman–Crippen LogP) is 7.59. The van der Waals surface area contributed by atoms with E-state index in [1.165, 1.54) is 0 Å². The van der Waals surface area contributed by atoms with E-state index in [1.807, 2.05) is 42.5 Å². The second-order valence-electron chi connectivity index (χ2n) is 7.16. The number of hydrogen-bond donors (Lipinski definition) is 1. The second-order valence-corrected chi connectivity index (χ2v) is 9.77. The number of halogens is 4. The summed E-state index contributed by atoms with van der Waals surface area (Å²) in [5.74, 6) is 0.894. The first-order valence-electron chi connectivity index (χ1n) is 9.83. The van der Waals surface area contributed by atoms with Gasteiger partial charge in [0.2, 0.25) is 0 Å². The van der Waals surface area contributed by atoms with Crippen LogP contribution in [0.5, 0.6) is 5.75 Å². The van der Waals surface area contributed by atoms with Crippen LogP contribution in [0.3, 0.4) is 0 Å². The largest absolute Gasteiger partial charge is 0.489 e. The molecule has 3 aromatic carbocycles. The summed E-state index contributed by atoms with van der Waals surface area (Å²) in [5.41, 5.74) is 2.25. The van der Waals surface area contributed by atoms with Crippen molar-refractivity contribution in [2.45, 2.75) is 13.2 Å². The summed E-state index contributed by atoms with van der Waals surface area (Å²) in [6, 6.07) is 20.2. The molecule has 0 spiro atoms. The number of aromatic nitrogens is 2. The van der Waals surface area contributed by atoms with Crippen molar-refractivity contribution in [3.05, 3.63) is 109 Å². The summed E-state index contributed by atoms with van der Waals surface area (Å²) >= 11 is 19.1. The average molecular weight is 610 g/mol. The molecule has 0 unspecified atom stereocenters. The van der Waals surface area contributed by atoms with Crippen molar-refractivity contribution in [2.75, 3.05) is 5.32 Å². The molecule has 0 saturated carbocycles. The van der Waals surface area contributed by atoms with Crippen molar-refractivity contribution in [3.8, 4) is 5.75 Å². The highest BCUT2D eigenvalue weighted by Crippen LogP contribution is 2.25. The Morgan fingerprint density at radius 2 is 1.85 bits per heavy atom. The molecule has 0 aliphatic carbocycles. The number of nitrogens with one attached hydrogen (secondary N) is 1. The third-order valence-electron chi connectivity index (χ3n) is 4.69. The summed E-state index contributed by atoms with van der Waals surface area (Å²) in [6.45, 7) is 0.782. The lowest BCUT2D eigenvalue weighted by Gasteiger charge is -2.08. The van der Waals surface area contributed by atoms with Crippen molar-refractivity contribution >= 4 is 66.8 Å². The molecule has 0 radical (unpaired) electrons. The van der Waals surface area contributed by atoms with Gasteiger partial charge in [0.1, 0.15) is 12.4 Å². The predicted molar refractivity (Wildman–Crippen MR) is 138 cm³/mol. The van der Waals surface area contributed by atoms with Crippen LogP contribution in [0, 0.1) is 0 Å². The molecule has 1 aromatic heterocycles. The normalized spacial score (nSPS) is 10.8. The number of hydrogen-bond acceptors (Lipinski definition) is 3. The third-order valence-corrected chi connectivity index (χ3v) is 6.35. The summed E-state index contributed by atoms with van der Waals surface area (Å²) in [6.07, 6.45) is 1.78. The highest BCUT2D eigenvalue weighted by molar-refractivity contribution is 9.10. The second kappa shape index (κ2) is 10.7. The number of anilines is 1. The van der Waals surface area contributed by atoms with Crippen LogP contribution in [0.4, 0.5) is 5.82 Å². The maximum atomic E-state index is 12.8. The Hall–Kier alpha value is -2.32. The highest BCUT2D eigenvalue weighted by atomic mass is 79.9. The lowest BCUT2D eigenvalue weighted by atomic mass is 10.1. The van der Waals surface area contributed by atoms with Crippen molar-refractivity contribution in [1.82, 2.24) is 9.78 Å². The van der Waals surface area contributed by atoms with Gasteiger partial charge in [-0.2, -0.15) is 5.10 Å². The van der Waals surface area contributed by atoms with E-state index < -0.39 is 0 Å². The first-order valence-corrected chi connectivity index (χ1v) is 12.2. The molecule has 1 amide bonds. The standard InChI is InChI=1S/C24H17Br2Cl2N3O2/c25-18-5-2-6-20(10-18)33-14-15-3-1-4-16(9-15)24(32)29-23-21(26)13-31(30-23)12-17-7-8-19(27)11-22(17)28/h1-11,13H,12,14H2,(H,29,30,32). The molecule has 0 atom stereocenters. The number of nitrogens with zero attached hydrogens (tertiary/aromatic N) is 2. The van der Waals surface area contributed by atoms with Gasteiger partial charge in [-0.1, -0.05) is 63.4 Å². The first-order chi connectivity index (χ1) is 15.9. The molecule has 33 heavy (non-hydrogen) atoms. The average Bonchev–Trinajstić information content (AvgIpc) is 3.13. The van der Waals surface area contributed by atoms with Crippen LogP contribution in [0.15, 0.2) is 81.9 Å². The highest BCUT2D eigenvalue weighted by Gasteiger charge is 2.14. The monoisotopic (exact) mass is 607 g/mol. The summed E-state index contributed by atoms with van der Waals surface area (Å²) in [4.78, 5) is 12.8. The molecular weight excluding hydrogens is 593 g/mol. The molecular formula is C24H17Br2Cl2N3O2. The van der Waals surface area contributed by atoms with Gasteiger partial charge in [-0.3, -0.25) is 9.48 Å². The molecule has 1 N–H and O–H groups in total. The molecule has 0 aliphatic rings. The lowest BCUT2D eigenvalue weighted by molar-refractivity contribution is 0.102. The number of rotatable bonds is 7. The molecule has 4 rings (SSSR count). The summed E-state index contributed by atoms with van der Waals surface area (Å²) in [7, 11) is 0. The van der Waals surface area contributed by atoms with Gasteiger partial charge in [-0.15, -0.1) is 0 Å². The molecule has 168 valence electrons. The Morgan fingerprint density at radius 3 is 2.64 bits per heavy atom. The quantitative estimate of drug-likeness (QED) is 0.235. The Labute approximate surface area is 217 Å². The molecule has 9 heteroatoms. The SMILES string of the molecule is O=C(Nc1nn(Cc2ccc(Cl)cc2Cl)cc1Br)c1cccc(COc2cccc(Br)c2)c1. The van der Waals surface area contributed by atoms with Gasteiger partial charge in [0.25, 0.3) is 5.91 Å². The Bertz CT molecular complexity index is 1310. The fourth-order valence-corrected chi connectivity index (χ4v) is 4.35. The van der Waals surface area contributed by atoms with Gasteiger partial charge >= 0.3 is 0 Å². The van der Waals surface area contributed by atoms with Crippen LogP contribution < -0.4 is 10.1 Å². The molecule has 5 nitrogen and oxygen atoms in total. The van der Waals surface area contributed by atoms with Crippen molar-refractivity contribution in [2.24, 2.45) is 0 Å². The Balaban J connectivity index is 1.42. The number of benzene rings is 3. The van der Waals surface area contributed by atoms with E-state index in [9.17, 15) is 4.79 Å². The molecule has 0 bridgehead atoms. The minimum Gasteiger partial charge on any atom is -0.489 e. The Kier molecular flexibility index (Phi) is 7.75. The zero-order valence-electron chi connectivity index (χ0n) is 17.1. The number of carbonyl (C=O) groups is 1. The van der Waals surface area contributed by atoms with Gasteiger partial charge in [-0.25, -0.2) is 0 Å². The van der Waals surface area contributed by atoms with Crippen molar-refractivity contribution in [3.63, 3.8) is 0 Å². The molecule has 0 fully saturated rings. The smallest absolute Gasteiger partial charge is 0.256 e. The van der Waals surface area contributed by atoms with Gasteiger partial charge in [-0.05, 0) is 69.5 Å². The Morgan fingerprint density at radius 1 is 1.03 bits per heavy atom. The fraction of sp³-hybridized carbons (Fsp3) is 0.0833. The minimum absolute atomic E-state index is 0.269. The number of ether oxygens (including phenoxy) is 1. The van der Waals surface area contributed by atoms with E-state index in [2.05, 4.69) is 42.3 Å². The topological polar surface area (TPSA) is 56.2 Å². The van der Waals surface area contributed by atoms with Gasteiger partial charge in [0.05, 0.1) is 11.0 Å². The number of amides is 1. The maximum Gasteiger partial charge on any atom is 0.256 e. The van der Waals surface area contributed by atoms with E-state index >= 15 is 0 Å². The zero-order chi connectivity index (χ0) is 23.4. The molecule has 4 aromatic rings.